The molecule has 174 valence electrons. The minimum absolute atomic E-state index is 0.134. The smallest absolute Gasteiger partial charge is 0.355 e. The van der Waals surface area contributed by atoms with Crippen LogP contribution < -0.4 is 10.2 Å². The summed E-state index contributed by atoms with van der Waals surface area (Å²) in [5.74, 6) is -1.11. The van der Waals surface area contributed by atoms with Gasteiger partial charge in [0.1, 0.15) is 11.6 Å². The van der Waals surface area contributed by atoms with Crippen LogP contribution in [0.15, 0.2) is 54.9 Å². The number of piperidine rings is 1. The third kappa shape index (κ3) is 5.50. The largest absolute Gasteiger partial charge is 0.419 e. The summed E-state index contributed by atoms with van der Waals surface area (Å²) in [4.78, 5) is 18.1. The van der Waals surface area contributed by atoms with Crippen LogP contribution in [0.2, 0.25) is 0 Å². The Morgan fingerprint density at radius 2 is 2.03 bits per heavy atom. The third-order valence-corrected chi connectivity index (χ3v) is 5.58. The Bertz CT molecular complexity index is 1110. The van der Waals surface area contributed by atoms with Crippen molar-refractivity contribution >= 4 is 11.7 Å². The molecule has 0 spiro atoms. The van der Waals surface area contributed by atoms with E-state index in [4.69, 9.17) is 0 Å². The van der Waals surface area contributed by atoms with Crippen LogP contribution in [0.25, 0.3) is 5.69 Å². The molecule has 2 aromatic heterocycles. The highest BCUT2D eigenvalue weighted by Crippen LogP contribution is 2.36. The predicted molar refractivity (Wildman–Crippen MR) is 114 cm³/mol. The molecular formula is C23H23F4N5O. The molecule has 1 amide bonds. The number of nitrogens with one attached hydrogen (secondary N) is 1. The van der Waals surface area contributed by atoms with E-state index in [-0.39, 0.29) is 24.1 Å². The lowest BCUT2D eigenvalue weighted by Gasteiger charge is -2.34. The van der Waals surface area contributed by atoms with Crippen molar-refractivity contribution in [1.29, 1.82) is 0 Å². The van der Waals surface area contributed by atoms with Gasteiger partial charge in [0.2, 0.25) is 5.91 Å². The fourth-order valence-corrected chi connectivity index (χ4v) is 3.97. The molecular weight excluding hydrogens is 438 g/mol. The molecule has 10 heteroatoms. The fourth-order valence-electron chi connectivity index (χ4n) is 3.97. The highest BCUT2D eigenvalue weighted by Gasteiger charge is 2.37. The minimum Gasteiger partial charge on any atom is -0.355 e. The summed E-state index contributed by atoms with van der Waals surface area (Å²) in [6.07, 6.45) is 0.221. The molecule has 4 rings (SSSR count). The number of anilines is 1. The number of alkyl halides is 3. The number of halogens is 4. The van der Waals surface area contributed by atoms with E-state index < -0.39 is 17.7 Å². The lowest BCUT2D eigenvalue weighted by molar-refractivity contribution is -0.137. The Hall–Kier alpha value is -3.43. The van der Waals surface area contributed by atoms with E-state index in [1.807, 2.05) is 0 Å². The standard InChI is InChI=1S/C23H23F4N5O/c24-17-5-1-6-19(14-17)32-13-9-18(30-32)8-11-29-22(33)16-4-3-12-31(15-16)21-20(23(25,26)27)7-2-10-28-21/h1-2,5-7,9-10,13-14,16H,3-4,8,11-12,15H2,(H,29,33). The van der Waals surface area contributed by atoms with Crippen molar-refractivity contribution in [3.63, 3.8) is 0 Å². The number of hydrogen-bond donors (Lipinski definition) is 1. The van der Waals surface area contributed by atoms with E-state index in [2.05, 4.69) is 15.4 Å². The number of aromatic nitrogens is 3. The molecule has 3 aromatic rings. The fraction of sp³-hybridized carbons (Fsp3) is 0.348. The number of nitrogens with zero attached hydrogens (tertiary/aromatic N) is 4. The Morgan fingerprint density at radius 3 is 2.82 bits per heavy atom. The van der Waals surface area contributed by atoms with E-state index in [1.165, 1.54) is 29.3 Å². The molecule has 1 N–H and O–H groups in total. The Kier molecular flexibility index (Phi) is 6.62. The first-order valence-corrected chi connectivity index (χ1v) is 10.7. The highest BCUT2D eigenvalue weighted by molar-refractivity contribution is 5.79. The van der Waals surface area contributed by atoms with Crippen molar-refractivity contribution in [2.45, 2.75) is 25.4 Å². The van der Waals surface area contributed by atoms with Crippen molar-refractivity contribution in [3.05, 3.63) is 71.9 Å². The van der Waals surface area contributed by atoms with Gasteiger partial charge >= 0.3 is 6.18 Å². The van der Waals surface area contributed by atoms with Gasteiger partial charge < -0.3 is 10.2 Å². The van der Waals surface area contributed by atoms with Crippen molar-refractivity contribution in [1.82, 2.24) is 20.1 Å². The minimum atomic E-state index is -4.51. The van der Waals surface area contributed by atoms with Crippen LogP contribution in [0.4, 0.5) is 23.4 Å². The average molecular weight is 461 g/mol. The molecule has 33 heavy (non-hydrogen) atoms. The first-order chi connectivity index (χ1) is 15.8. The Labute approximate surface area is 188 Å². The van der Waals surface area contributed by atoms with Crippen LogP contribution in [0.5, 0.6) is 0 Å². The number of rotatable bonds is 6. The zero-order valence-electron chi connectivity index (χ0n) is 17.7. The second-order valence-corrected chi connectivity index (χ2v) is 7.93. The molecule has 0 saturated carbocycles. The van der Waals surface area contributed by atoms with Gasteiger partial charge in [0.15, 0.2) is 0 Å². The molecule has 0 aliphatic carbocycles. The molecule has 0 radical (unpaired) electrons. The maximum absolute atomic E-state index is 13.4. The van der Waals surface area contributed by atoms with E-state index in [0.717, 1.165) is 11.8 Å². The number of carbonyl (C=O) groups is 1. The van der Waals surface area contributed by atoms with Gasteiger partial charge in [0, 0.05) is 38.4 Å². The second-order valence-electron chi connectivity index (χ2n) is 7.93. The molecule has 1 aliphatic heterocycles. The van der Waals surface area contributed by atoms with E-state index in [0.29, 0.717) is 38.0 Å². The highest BCUT2D eigenvalue weighted by atomic mass is 19.4. The molecule has 1 unspecified atom stereocenters. The summed E-state index contributed by atoms with van der Waals surface area (Å²) < 4.78 is 55.0. The Morgan fingerprint density at radius 1 is 1.18 bits per heavy atom. The van der Waals surface area contributed by atoms with Gasteiger partial charge in [-0.3, -0.25) is 4.79 Å². The summed E-state index contributed by atoms with van der Waals surface area (Å²) in [6, 6.07) is 10.1. The molecule has 1 saturated heterocycles. The van der Waals surface area contributed by atoms with Crippen LogP contribution in [0.1, 0.15) is 24.1 Å². The number of carbonyl (C=O) groups excluding carboxylic acids is 1. The van der Waals surface area contributed by atoms with Crippen LogP contribution in [-0.4, -0.2) is 40.3 Å². The first-order valence-electron chi connectivity index (χ1n) is 10.7. The molecule has 1 atom stereocenters. The van der Waals surface area contributed by atoms with Crippen LogP contribution in [-0.2, 0) is 17.4 Å². The van der Waals surface area contributed by atoms with Crippen LogP contribution in [0.3, 0.4) is 0 Å². The first kappa shape index (κ1) is 22.8. The molecule has 3 heterocycles. The van der Waals surface area contributed by atoms with Gasteiger partial charge in [0.05, 0.1) is 22.9 Å². The van der Waals surface area contributed by atoms with Gasteiger partial charge in [-0.15, -0.1) is 0 Å². The van der Waals surface area contributed by atoms with Gasteiger partial charge in [-0.25, -0.2) is 14.1 Å². The van der Waals surface area contributed by atoms with Gasteiger partial charge in [-0.05, 0) is 49.2 Å². The number of amides is 1. The van der Waals surface area contributed by atoms with Crippen molar-refractivity contribution in [3.8, 4) is 5.69 Å². The predicted octanol–water partition coefficient (Wildman–Crippen LogP) is 4.00. The average Bonchev–Trinajstić information content (AvgIpc) is 3.27. The maximum atomic E-state index is 13.4. The van der Waals surface area contributed by atoms with Crippen molar-refractivity contribution in [2.75, 3.05) is 24.5 Å². The summed E-state index contributed by atoms with van der Waals surface area (Å²) in [5.41, 5.74) is 0.536. The quantitative estimate of drug-likeness (QED) is 0.564. The SMILES string of the molecule is O=C(NCCc1ccn(-c2cccc(F)c2)n1)C1CCCN(c2ncccc2C(F)(F)F)C1. The van der Waals surface area contributed by atoms with Crippen molar-refractivity contribution < 1.29 is 22.4 Å². The van der Waals surface area contributed by atoms with Crippen molar-refractivity contribution in [2.24, 2.45) is 5.92 Å². The summed E-state index contributed by atoms with van der Waals surface area (Å²) >= 11 is 0. The summed E-state index contributed by atoms with van der Waals surface area (Å²) in [7, 11) is 0. The normalized spacial score (nSPS) is 16.6. The second kappa shape index (κ2) is 9.60. The lowest BCUT2D eigenvalue weighted by Crippen LogP contribution is -2.44. The van der Waals surface area contributed by atoms with Crippen LogP contribution >= 0.6 is 0 Å². The zero-order chi connectivity index (χ0) is 23.4. The number of hydrogen-bond acceptors (Lipinski definition) is 4. The maximum Gasteiger partial charge on any atom is 0.419 e. The topological polar surface area (TPSA) is 63.1 Å². The number of pyridine rings is 1. The molecule has 1 aromatic carbocycles. The summed E-state index contributed by atoms with van der Waals surface area (Å²) in [5, 5.41) is 7.25. The summed E-state index contributed by atoms with van der Waals surface area (Å²) in [6.45, 7) is 0.939. The third-order valence-electron chi connectivity index (χ3n) is 5.58. The molecule has 6 nitrogen and oxygen atoms in total. The van der Waals surface area contributed by atoms with Gasteiger partial charge in [-0.2, -0.15) is 18.3 Å². The van der Waals surface area contributed by atoms with Gasteiger partial charge in [-0.1, -0.05) is 6.07 Å². The molecule has 1 aliphatic rings. The number of benzene rings is 1. The molecule has 1 fully saturated rings. The Balaban J connectivity index is 1.33. The lowest BCUT2D eigenvalue weighted by atomic mass is 9.96. The molecule has 0 bridgehead atoms. The van der Waals surface area contributed by atoms with E-state index in [9.17, 15) is 22.4 Å². The van der Waals surface area contributed by atoms with E-state index >= 15 is 0 Å². The van der Waals surface area contributed by atoms with Gasteiger partial charge in [0.25, 0.3) is 0 Å². The monoisotopic (exact) mass is 461 g/mol. The zero-order valence-corrected chi connectivity index (χ0v) is 17.7. The van der Waals surface area contributed by atoms with E-state index in [1.54, 1.807) is 29.1 Å². The van der Waals surface area contributed by atoms with Crippen LogP contribution in [0, 0.1) is 11.7 Å².